The van der Waals surface area contributed by atoms with Crippen LogP contribution in [0.2, 0.25) is 0 Å². The topological polar surface area (TPSA) is 48.0 Å². The van der Waals surface area contributed by atoms with Crippen molar-refractivity contribution in [2.24, 2.45) is 0 Å². The van der Waals surface area contributed by atoms with E-state index < -0.39 is 11.6 Å². The quantitative estimate of drug-likeness (QED) is 0.423. The monoisotopic (exact) mass is 561 g/mol. The van der Waals surface area contributed by atoms with Gasteiger partial charge in [0.2, 0.25) is 0 Å². The van der Waals surface area contributed by atoms with Gasteiger partial charge in [-0.25, -0.2) is 4.39 Å². The number of hydrogen-bond donors (Lipinski definition) is 0. The van der Waals surface area contributed by atoms with Crippen molar-refractivity contribution in [3.8, 4) is 11.5 Å². The van der Waals surface area contributed by atoms with E-state index in [2.05, 4.69) is 31.9 Å². The molecule has 0 unspecified atom stereocenters. The summed E-state index contributed by atoms with van der Waals surface area (Å²) in [5, 5.41) is 0. The molecule has 2 aliphatic rings. The summed E-state index contributed by atoms with van der Waals surface area (Å²) in [7, 11) is 0. The van der Waals surface area contributed by atoms with Crippen LogP contribution in [0.1, 0.15) is 21.5 Å². The molecule has 0 saturated carbocycles. The SMILES string of the molecule is O=C(c1cc2c(cc1F)OC(c1cccc(Br)c1)(c1cccc(Br)c1)O2)N1CCOCC1. The van der Waals surface area contributed by atoms with Crippen LogP contribution in [0.4, 0.5) is 4.39 Å². The second-order valence-electron chi connectivity index (χ2n) is 7.52. The van der Waals surface area contributed by atoms with Crippen molar-refractivity contribution in [3.05, 3.63) is 92.1 Å². The van der Waals surface area contributed by atoms with E-state index in [0.29, 0.717) is 32.1 Å². The van der Waals surface area contributed by atoms with Gasteiger partial charge in [0.05, 0.1) is 18.8 Å². The molecule has 2 aliphatic heterocycles. The predicted molar refractivity (Wildman–Crippen MR) is 123 cm³/mol. The second kappa shape index (κ2) is 8.50. The van der Waals surface area contributed by atoms with Crippen LogP contribution in [0.25, 0.3) is 0 Å². The van der Waals surface area contributed by atoms with Crippen molar-refractivity contribution in [2.75, 3.05) is 26.3 Å². The van der Waals surface area contributed by atoms with Crippen LogP contribution >= 0.6 is 31.9 Å². The van der Waals surface area contributed by atoms with Crippen molar-refractivity contribution >= 4 is 37.8 Å². The number of amides is 1. The Morgan fingerprint density at radius 1 is 0.875 bits per heavy atom. The van der Waals surface area contributed by atoms with E-state index in [0.717, 1.165) is 20.1 Å². The fraction of sp³-hybridized carbons (Fsp3) is 0.208. The van der Waals surface area contributed by atoms with E-state index in [1.165, 1.54) is 12.1 Å². The van der Waals surface area contributed by atoms with Gasteiger partial charge < -0.3 is 19.1 Å². The number of benzene rings is 3. The highest BCUT2D eigenvalue weighted by Crippen LogP contribution is 2.49. The van der Waals surface area contributed by atoms with Gasteiger partial charge in [-0.15, -0.1) is 0 Å². The molecule has 0 spiro atoms. The standard InChI is InChI=1S/C24H18Br2FNO4/c25-17-5-1-3-15(11-17)24(16-4-2-6-18(26)12-16)31-21-13-19(20(27)14-22(21)32-24)23(29)28-7-9-30-10-8-28/h1-6,11-14H,7-10H2. The minimum Gasteiger partial charge on any atom is -0.440 e. The molecule has 1 fully saturated rings. The molecule has 0 N–H and O–H groups in total. The maximum absolute atomic E-state index is 15.0. The van der Waals surface area contributed by atoms with Crippen LogP contribution in [-0.2, 0) is 10.5 Å². The molecule has 164 valence electrons. The number of nitrogens with zero attached hydrogens (tertiary/aromatic N) is 1. The molecule has 8 heteroatoms. The van der Waals surface area contributed by atoms with Crippen LogP contribution < -0.4 is 9.47 Å². The second-order valence-corrected chi connectivity index (χ2v) is 9.36. The summed E-state index contributed by atoms with van der Waals surface area (Å²) in [5.74, 6) is -1.82. The van der Waals surface area contributed by atoms with Gasteiger partial charge in [-0.1, -0.05) is 56.1 Å². The number of fused-ring (bicyclic) bond motifs is 1. The average Bonchev–Trinajstić information content (AvgIpc) is 3.18. The van der Waals surface area contributed by atoms with E-state index in [1.54, 1.807) is 4.90 Å². The van der Waals surface area contributed by atoms with Crippen molar-refractivity contribution in [2.45, 2.75) is 5.79 Å². The van der Waals surface area contributed by atoms with Gasteiger partial charge in [-0.3, -0.25) is 4.79 Å². The molecule has 5 nitrogen and oxygen atoms in total. The molecule has 32 heavy (non-hydrogen) atoms. The number of carbonyl (C=O) groups is 1. The molecule has 1 amide bonds. The number of hydrogen-bond acceptors (Lipinski definition) is 4. The molecule has 3 aromatic carbocycles. The molecule has 5 rings (SSSR count). The van der Waals surface area contributed by atoms with Gasteiger partial charge in [0.15, 0.2) is 11.5 Å². The Morgan fingerprint density at radius 3 is 2.00 bits per heavy atom. The third-order valence-electron chi connectivity index (χ3n) is 5.48. The molecule has 0 aromatic heterocycles. The summed E-state index contributed by atoms with van der Waals surface area (Å²) in [6, 6.07) is 17.8. The van der Waals surface area contributed by atoms with Gasteiger partial charge in [-0.2, -0.15) is 0 Å². The largest absolute Gasteiger partial charge is 0.440 e. The van der Waals surface area contributed by atoms with Crippen LogP contribution in [0.15, 0.2) is 69.6 Å². The van der Waals surface area contributed by atoms with Gasteiger partial charge >= 0.3 is 5.79 Å². The van der Waals surface area contributed by atoms with Crippen molar-refractivity contribution in [1.29, 1.82) is 0 Å². The summed E-state index contributed by atoms with van der Waals surface area (Å²) >= 11 is 7.00. The van der Waals surface area contributed by atoms with E-state index in [4.69, 9.17) is 14.2 Å². The summed E-state index contributed by atoms with van der Waals surface area (Å²) < 4.78 is 34.7. The molecular weight excluding hydrogens is 545 g/mol. The third kappa shape index (κ3) is 3.80. The molecule has 0 bridgehead atoms. The van der Waals surface area contributed by atoms with Crippen LogP contribution in [0, 0.1) is 5.82 Å². The highest BCUT2D eigenvalue weighted by Gasteiger charge is 2.46. The van der Waals surface area contributed by atoms with Gasteiger partial charge in [0.25, 0.3) is 5.91 Å². The lowest BCUT2D eigenvalue weighted by Gasteiger charge is -2.29. The average molecular weight is 563 g/mol. The minimum atomic E-state index is -1.33. The Labute approximate surface area is 201 Å². The van der Waals surface area contributed by atoms with Crippen LogP contribution in [0.3, 0.4) is 0 Å². The number of ether oxygens (including phenoxy) is 3. The fourth-order valence-corrected chi connectivity index (χ4v) is 4.71. The van der Waals surface area contributed by atoms with E-state index in [-0.39, 0.29) is 17.2 Å². The lowest BCUT2D eigenvalue weighted by atomic mass is 9.97. The molecule has 0 aliphatic carbocycles. The third-order valence-corrected chi connectivity index (χ3v) is 6.47. The van der Waals surface area contributed by atoms with E-state index in [9.17, 15) is 4.79 Å². The first kappa shape index (κ1) is 21.4. The molecule has 3 aromatic rings. The zero-order valence-corrected chi connectivity index (χ0v) is 20.0. The maximum atomic E-state index is 15.0. The number of morpholine rings is 1. The van der Waals surface area contributed by atoms with Crippen LogP contribution in [0.5, 0.6) is 11.5 Å². The summed E-state index contributed by atoms with van der Waals surface area (Å²) in [6.45, 7) is 1.72. The first-order valence-corrected chi connectivity index (χ1v) is 11.7. The lowest BCUT2D eigenvalue weighted by molar-refractivity contribution is -0.0460. The highest BCUT2D eigenvalue weighted by molar-refractivity contribution is 9.10. The van der Waals surface area contributed by atoms with Crippen LogP contribution in [-0.4, -0.2) is 37.1 Å². The Morgan fingerprint density at radius 2 is 1.44 bits per heavy atom. The van der Waals surface area contributed by atoms with Gasteiger partial charge in [-0.05, 0) is 30.3 Å². The smallest absolute Gasteiger partial charge is 0.305 e. The zero-order valence-electron chi connectivity index (χ0n) is 16.8. The van der Waals surface area contributed by atoms with Crippen molar-refractivity contribution < 1.29 is 23.4 Å². The first-order valence-electron chi connectivity index (χ1n) is 10.1. The molecule has 0 atom stereocenters. The Hall–Kier alpha value is -2.42. The highest BCUT2D eigenvalue weighted by atomic mass is 79.9. The fourth-order valence-electron chi connectivity index (χ4n) is 3.91. The van der Waals surface area contributed by atoms with Crippen molar-refractivity contribution in [1.82, 2.24) is 4.90 Å². The number of halogens is 3. The van der Waals surface area contributed by atoms with E-state index in [1.807, 2.05) is 48.5 Å². The summed E-state index contributed by atoms with van der Waals surface area (Å²) in [6.07, 6.45) is 0. The Bertz CT molecular complexity index is 1150. The normalized spacial score (nSPS) is 16.8. The minimum absolute atomic E-state index is 0.0477. The first-order chi connectivity index (χ1) is 15.5. The summed E-state index contributed by atoms with van der Waals surface area (Å²) in [5.41, 5.74) is 1.40. The van der Waals surface area contributed by atoms with Gasteiger partial charge in [0.1, 0.15) is 5.82 Å². The molecule has 0 radical (unpaired) electrons. The van der Waals surface area contributed by atoms with Gasteiger partial charge in [0, 0.05) is 39.2 Å². The summed E-state index contributed by atoms with van der Waals surface area (Å²) in [4.78, 5) is 14.5. The maximum Gasteiger partial charge on any atom is 0.305 e. The molecule has 2 heterocycles. The molecule has 1 saturated heterocycles. The van der Waals surface area contributed by atoms with Crippen molar-refractivity contribution in [3.63, 3.8) is 0 Å². The lowest BCUT2D eigenvalue weighted by Crippen LogP contribution is -2.41. The zero-order chi connectivity index (χ0) is 22.3. The predicted octanol–water partition coefficient (Wildman–Crippen LogP) is 5.50. The Balaban J connectivity index is 1.58. The Kier molecular flexibility index (Phi) is 5.69. The number of carbonyl (C=O) groups excluding carboxylic acids is 1. The molecular formula is C24H18Br2FNO4. The number of rotatable bonds is 3. The van der Waals surface area contributed by atoms with E-state index >= 15 is 4.39 Å².